The normalized spacial score (nSPS) is 22.6. The first-order valence-electron chi connectivity index (χ1n) is 26.7. The van der Waals surface area contributed by atoms with E-state index in [4.69, 9.17) is 9.05 Å². The molecule has 0 saturated heterocycles. The average molecular weight is 950 g/mol. The molecule has 1 rings (SSSR count). The largest absolute Gasteiger partial charge is 0.472 e. The molecule has 1 aliphatic rings. The Bertz CT molecular complexity index is 1170. The van der Waals surface area contributed by atoms with Crippen LogP contribution < -0.4 is 5.32 Å². The van der Waals surface area contributed by atoms with Crippen LogP contribution in [0.15, 0.2) is 12.2 Å². The number of hydrogen-bond donors (Lipinski definition) is 9. The molecule has 1 saturated carbocycles. The highest BCUT2D eigenvalue weighted by Gasteiger charge is 2.51. The second-order valence-corrected chi connectivity index (χ2v) is 20.7. The van der Waals surface area contributed by atoms with Crippen LogP contribution in [0.3, 0.4) is 0 Å². The van der Waals surface area contributed by atoms with E-state index in [1.165, 1.54) is 173 Å². The topological polar surface area (TPSA) is 226 Å². The molecule has 0 aromatic rings. The maximum atomic E-state index is 13.1. The van der Waals surface area contributed by atoms with Gasteiger partial charge in [0.05, 0.1) is 31.3 Å². The van der Waals surface area contributed by atoms with Gasteiger partial charge in [-0.3, -0.25) is 13.8 Å². The summed E-state index contributed by atoms with van der Waals surface area (Å²) in [7, 11) is -5.14. The Hall–Kier alpha value is -0.960. The molecule has 0 radical (unpaired) electrons. The molecule has 1 amide bonds. The zero-order chi connectivity index (χ0) is 48.0. The number of rotatable bonds is 45. The molecule has 1 fully saturated rings. The highest BCUT2D eigenvalue weighted by molar-refractivity contribution is 7.47. The standard InChI is InChI=1S/C51H100NO12P/c1-3-5-7-9-11-13-15-17-19-21-22-23-24-26-28-30-32-34-36-38-42(53)40-45(55)52-43(41-63-65(61,62)64-51-49(59)47(57)46(56)48(58)50(51)60)44(54)39-37-35-33-31-29-27-25-20-18-16-14-12-10-8-6-4-2/h37,39,42-44,46-51,53-54,56-60H,3-36,38,40-41H2,1-2H3,(H,52,55)(H,61,62)/b39-37+. The van der Waals surface area contributed by atoms with Gasteiger partial charge in [0, 0.05) is 0 Å². The molecule has 0 aromatic heterocycles. The highest BCUT2D eigenvalue weighted by atomic mass is 31.2. The lowest BCUT2D eigenvalue weighted by atomic mass is 9.85. The number of carbonyl (C=O) groups excluding carboxylic acids is 1. The number of hydrogen-bond acceptors (Lipinski definition) is 11. The third-order valence-electron chi connectivity index (χ3n) is 13.1. The number of aliphatic hydroxyl groups excluding tert-OH is 7. The lowest BCUT2D eigenvalue weighted by molar-refractivity contribution is -0.220. The predicted molar refractivity (Wildman–Crippen MR) is 261 cm³/mol. The first-order chi connectivity index (χ1) is 31.3. The second-order valence-electron chi connectivity index (χ2n) is 19.3. The first-order valence-corrected chi connectivity index (χ1v) is 28.2. The molecule has 0 spiro atoms. The first kappa shape index (κ1) is 62.1. The minimum Gasteiger partial charge on any atom is -0.393 e. The van der Waals surface area contributed by atoms with Gasteiger partial charge in [-0.25, -0.2) is 4.57 Å². The molecule has 0 aromatic carbocycles. The molecule has 386 valence electrons. The van der Waals surface area contributed by atoms with Crippen molar-refractivity contribution < 1.29 is 59.0 Å². The SMILES string of the molecule is CCCCCCCCCCCCCCCC/C=C/C(O)C(COP(=O)(O)OC1C(O)C(O)C(O)C(O)C1O)NC(=O)CC(O)CCCCCCCCCCCCCCCCCCCCC. The Morgan fingerprint density at radius 2 is 0.877 bits per heavy atom. The Morgan fingerprint density at radius 1 is 0.538 bits per heavy atom. The van der Waals surface area contributed by atoms with Crippen LogP contribution in [0.4, 0.5) is 0 Å². The van der Waals surface area contributed by atoms with Gasteiger partial charge in [-0.05, 0) is 19.3 Å². The summed E-state index contributed by atoms with van der Waals surface area (Å²) in [4.78, 5) is 23.5. The van der Waals surface area contributed by atoms with Crippen LogP contribution >= 0.6 is 7.82 Å². The summed E-state index contributed by atoms with van der Waals surface area (Å²) in [5, 5.41) is 74.7. The van der Waals surface area contributed by atoms with Gasteiger partial charge in [-0.15, -0.1) is 0 Å². The fourth-order valence-corrected chi connectivity index (χ4v) is 9.74. The lowest BCUT2D eigenvalue weighted by Gasteiger charge is -2.41. The van der Waals surface area contributed by atoms with Crippen molar-refractivity contribution in [1.82, 2.24) is 5.32 Å². The molecule has 8 atom stereocenters. The van der Waals surface area contributed by atoms with Crippen molar-refractivity contribution in [2.45, 2.75) is 300 Å². The van der Waals surface area contributed by atoms with Crippen LogP contribution in [-0.4, -0.2) is 108 Å². The molecule has 65 heavy (non-hydrogen) atoms. The van der Waals surface area contributed by atoms with Crippen LogP contribution in [0, 0.1) is 0 Å². The molecule has 0 aliphatic heterocycles. The van der Waals surface area contributed by atoms with Crippen LogP contribution in [-0.2, 0) is 18.4 Å². The summed E-state index contributed by atoms with van der Waals surface area (Å²) < 4.78 is 22.9. The van der Waals surface area contributed by atoms with Gasteiger partial charge in [-0.1, -0.05) is 231 Å². The van der Waals surface area contributed by atoms with Crippen molar-refractivity contribution in [3.63, 3.8) is 0 Å². The van der Waals surface area contributed by atoms with Crippen molar-refractivity contribution >= 4 is 13.7 Å². The van der Waals surface area contributed by atoms with Crippen LogP contribution in [0.25, 0.3) is 0 Å². The zero-order valence-corrected chi connectivity index (χ0v) is 42.1. The highest BCUT2D eigenvalue weighted by Crippen LogP contribution is 2.47. The maximum Gasteiger partial charge on any atom is 0.472 e. The zero-order valence-electron chi connectivity index (χ0n) is 41.2. The Labute approximate surface area is 395 Å². The van der Waals surface area contributed by atoms with Gasteiger partial charge in [0.2, 0.25) is 5.91 Å². The molecular weight excluding hydrogens is 850 g/mol. The number of allylic oxidation sites excluding steroid dienone is 1. The molecule has 1 aliphatic carbocycles. The van der Waals surface area contributed by atoms with Crippen LogP contribution in [0.1, 0.15) is 245 Å². The maximum absolute atomic E-state index is 13.1. The summed E-state index contributed by atoms with van der Waals surface area (Å²) >= 11 is 0. The quantitative estimate of drug-likeness (QED) is 0.0158. The van der Waals surface area contributed by atoms with Gasteiger partial charge >= 0.3 is 7.82 Å². The van der Waals surface area contributed by atoms with Crippen molar-refractivity contribution in [2.24, 2.45) is 0 Å². The van der Waals surface area contributed by atoms with Crippen molar-refractivity contribution in [1.29, 1.82) is 0 Å². The van der Waals surface area contributed by atoms with E-state index in [-0.39, 0.29) is 6.42 Å². The molecule has 9 N–H and O–H groups in total. The number of amides is 1. The van der Waals surface area contributed by atoms with Gasteiger partial charge < -0.3 is 46.0 Å². The van der Waals surface area contributed by atoms with Crippen molar-refractivity contribution in [3.05, 3.63) is 12.2 Å². The molecule has 0 heterocycles. The van der Waals surface area contributed by atoms with E-state index in [0.717, 1.165) is 44.9 Å². The number of aliphatic hydroxyl groups is 7. The number of unbranched alkanes of at least 4 members (excludes halogenated alkanes) is 32. The molecule has 8 unspecified atom stereocenters. The Balaban J connectivity index is 2.45. The van der Waals surface area contributed by atoms with Gasteiger partial charge in [-0.2, -0.15) is 0 Å². The fourth-order valence-electron chi connectivity index (χ4n) is 8.77. The molecule has 13 nitrogen and oxygen atoms in total. The number of carbonyl (C=O) groups is 1. The fraction of sp³-hybridized carbons (Fsp3) is 0.941. The van der Waals surface area contributed by atoms with E-state index in [0.29, 0.717) is 12.8 Å². The monoisotopic (exact) mass is 950 g/mol. The van der Waals surface area contributed by atoms with Gasteiger partial charge in [0.25, 0.3) is 0 Å². The van der Waals surface area contributed by atoms with Crippen LogP contribution in [0.5, 0.6) is 0 Å². The van der Waals surface area contributed by atoms with Gasteiger partial charge in [0.1, 0.15) is 36.6 Å². The summed E-state index contributed by atoms with van der Waals surface area (Å²) in [6.45, 7) is 3.78. The molecular formula is C51H100NO12P. The third-order valence-corrected chi connectivity index (χ3v) is 14.1. The smallest absolute Gasteiger partial charge is 0.393 e. The lowest BCUT2D eigenvalue weighted by Crippen LogP contribution is -2.64. The molecule has 0 bridgehead atoms. The van der Waals surface area contributed by atoms with E-state index < -0.39 is 75.2 Å². The second kappa shape index (κ2) is 40.9. The summed E-state index contributed by atoms with van der Waals surface area (Å²) in [5.74, 6) is -0.588. The number of phosphoric ester groups is 1. The summed E-state index contributed by atoms with van der Waals surface area (Å²) in [6, 6.07) is -1.24. The average Bonchev–Trinajstić information content (AvgIpc) is 3.28. The van der Waals surface area contributed by atoms with Crippen molar-refractivity contribution in [3.8, 4) is 0 Å². The Kier molecular flexibility index (Phi) is 39.0. The van der Waals surface area contributed by atoms with E-state index in [2.05, 4.69) is 19.2 Å². The van der Waals surface area contributed by atoms with Gasteiger partial charge in [0.15, 0.2) is 0 Å². The Morgan fingerprint density at radius 3 is 1.26 bits per heavy atom. The van der Waals surface area contributed by atoms with Crippen LogP contribution in [0.2, 0.25) is 0 Å². The third kappa shape index (κ3) is 32.5. The number of nitrogens with one attached hydrogen (secondary N) is 1. The van der Waals surface area contributed by atoms with Crippen molar-refractivity contribution in [2.75, 3.05) is 6.61 Å². The minimum atomic E-state index is -5.14. The van der Waals surface area contributed by atoms with E-state index >= 15 is 0 Å². The summed E-state index contributed by atoms with van der Waals surface area (Å²) in [5.41, 5.74) is 0. The number of phosphoric acid groups is 1. The summed E-state index contributed by atoms with van der Waals surface area (Å²) in [6.07, 6.45) is 31.5. The molecule has 14 heteroatoms. The van der Waals surface area contributed by atoms with E-state index in [1.807, 2.05) is 0 Å². The van der Waals surface area contributed by atoms with E-state index in [9.17, 15) is 50.0 Å². The van der Waals surface area contributed by atoms with E-state index in [1.54, 1.807) is 6.08 Å². The minimum absolute atomic E-state index is 0.239. The predicted octanol–water partition coefficient (Wildman–Crippen LogP) is 10.2.